The molecule has 0 fully saturated rings. The predicted molar refractivity (Wildman–Crippen MR) is 80.1 cm³/mol. The first-order valence-electron chi connectivity index (χ1n) is 6.84. The van der Waals surface area contributed by atoms with Gasteiger partial charge in [0.15, 0.2) is 0 Å². The molecule has 1 aromatic carbocycles. The number of nitrogens with one attached hydrogen (secondary N) is 2. The van der Waals surface area contributed by atoms with E-state index in [1.165, 1.54) is 6.07 Å². The Labute approximate surface area is 123 Å². The highest BCUT2D eigenvalue weighted by atomic mass is 16.6. The van der Waals surface area contributed by atoms with Crippen molar-refractivity contribution in [3.8, 4) is 0 Å². The number of benzene rings is 1. The predicted octanol–water partition coefficient (Wildman–Crippen LogP) is 1.53. The molecule has 0 spiro atoms. The molecule has 0 radical (unpaired) electrons. The molecule has 7 nitrogen and oxygen atoms in total. The first kappa shape index (κ1) is 16.9. The lowest BCUT2D eigenvalue weighted by molar-refractivity contribution is -0.384. The number of nitro groups is 1. The summed E-state index contributed by atoms with van der Waals surface area (Å²) in [5.41, 5.74) is 0.366. The van der Waals surface area contributed by atoms with Gasteiger partial charge in [-0.2, -0.15) is 0 Å². The van der Waals surface area contributed by atoms with Gasteiger partial charge in [-0.25, -0.2) is 0 Å². The van der Waals surface area contributed by atoms with Gasteiger partial charge in [-0.15, -0.1) is 0 Å². The van der Waals surface area contributed by atoms with E-state index in [1.807, 2.05) is 13.8 Å². The number of hydrogen-bond acceptors (Lipinski definition) is 5. The minimum atomic E-state index is -0.572. The Morgan fingerprint density at radius 2 is 2.05 bits per heavy atom. The summed E-state index contributed by atoms with van der Waals surface area (Å²) in [7, 11) is 0. The van der Waals surface area contributed by atoms with E-state index < -0.39 is 11.0 Å². The molecule has 0 saturated carbocycles. The molecule has 1 aromatic rings. The fourth-order valence-corrected chi connectivity index (χ4v) is 1.64. The fraction of sp³-hybridized carbons (Fsp3) is 0.500. The van der Waals surface area contributed by atoms with Crippen LogP contribution in [0.15, 0.2) is 24.3 Å². The van der Waals surface area contributed by atoms with E-state index in [1.54, 1.807) is 18.2 Å². The first-order chi connectivity index (χ1) is 9.91. The van der Waals surface area contributed by atoms with Crippen LogP contribution in [0.1, 0.15) is 20.3 Å². The van der Waals surface area contributed by atoms with E-state index in [0.717, 1.165) is 0 Å². The number of hydrogen-bond donors (Lipinski definition) is 3. The van der Waals surface area contributed by atoms with E-state index in [0.29, 0.717) is 5.69 Å². The average Bonchev–Trinajstić information content (AvgIpc) is 2.44. The maximum Gasteiger partial charge on any atom is 0.292 e. The largest absolute Gasteiger partial charge is 0.391 e. The van der Waals surface area contributed by atoms with E-state index in [4.69, 9.17) is 0 Å². The van der Waals surface area contributed by atoms with Crippen molar-refractivity contribution < 1.29 is 14.8 Å². The lowest BCUT2D eigenvalue weighted by atomic mass is 10.1. The number of para-hydroxylation sites is 2. The summed E-state index contributed by atoms with van der Waals surface area (Å²) in [5, 5.41) is 25.9. The number of carbonyl (C=O) groups excluding carboxylic acids is 1. The van der Waals surface area contributed by atoms with Crippen molar-refractivity contribution in [2.45, 2.75) is 26.4 Å². The van der Waals surface area contributed by atoms with Crippen LogP contribution in [0.4, 0.5) is 11.4 Å². The highest BCUT2D eigenvalue weighted by Crippen LogP contribution is 2.22. The van der Waals surface area contributed by atoms with Crippen molar-refractivity contribution in [2.24, 2.45) is 5.92 Å². The number of rotatable bonds is 8. The van der Waals surface area contributed by atoms with Crippen molar-refractivity contribution in [2.75, 3.05) is 18.4 Å². The Bertz CT molecular complexity index is 491. The normalized spacial score (nSPS) is 12.0. The number of nitrogens with zero attached hydrogens (tertiary/aromatic N) is 1. The molecule has 0 aromatic heterocycles. The van der Waals surface area contributed by atoms with Gasteiger partial charge in [0.1, 0.15) is 5.69 Å². The van der Waals surface area contributed by atoms with Crippen LogP contribution in [0.2, 0.25) is 0 Å². The molecule has 21 heavy (non-hydrogen) atoms. The molecule has 116 valence electrons. The third-order valence-corrected chi connectivity index (χ3v) is 3.05. The van der Waals surface area contributed by atoms with Gasteiger partial charge in [0.25, 0.3) is 5.69 Å². The van der Waals surface area contributed by atoms with E-state index in [9.17, 15) is 20.0 Å². The van der Waals surface area contributed by atoms with Crippen molar-refractivity contribution in [1.29, 1.82) is 0 Å². The standard InChI is InChI=1S/C14H21N3O4/c1-10(2)13(18)9-16-14(19)7-8-15-11-5-3-4-6-12(11)17(20)21/h3-6,10,13,15,18H,7-9H2,1-2H3,(H,16,19). The van der Waals surface area contributed by atoms with Crippen LogP contribution in [0.25, 0.3) is 0 Å². The molecule has 1 amide bonds. The maximum absolute atomic E-state index is 11.6. The molecular weight excluding hydrogens is 274 g/mol. The van der Waals surface area contributed by atoms with E-state index in [2.05, 4.69) is 10.6 Å². The average molecular weight is 295 g/mol. The molecule has 0 aliphatic rings. The summed E-state index contributed by atoms with van der Waals surface area (Å²) in [4.78, 5) is 21.9. The van der Waals surface area contributed by atoms with Crippen LogP contribution in [-0.4, -0.2) is 35.1 Å². The Hall–Kier alpha value is -2.15. The van der Waals surface area contributed by atoms with Crippen LogP contribution < -0.4 is 10.6 Å². The van der Waals surface area contributed by atoms with Gasteiger partial charge >= 0.3 is 0 Å². The second-order valence-electron chi connectivity index (χ2n) is 5.07. The first-order valence-corrected chi connectivity index (χ1v) is 6.84. The van der Waals surface area contributed by atoms with Gasteiger partial charge in [-0.1, -0.05) is 26.0 Å². The van der Waals surface area contributed by atoms with Gasteiger partial charge in [0.2, 0.25) is 5.91 Å². The summed E-state index contributed by atoms with van der Waals surface area (Å²) >= 11 is 0. The topological polar surface area (TPSA) is 104 Å². The van der Waals surface area contributed by atoms with Gasteiger partial charge in [-0.05, 0) is 12.0 Å². The Morgan fingerprint density at radius 3 is 2.67 bits per heavy atom. The van der Waals surface area contributed by atoms with E-state index >= 15 is 0 Å². The zero-order valence-corrected chi connectivity index (χ0v) is 12.2. The molecule has 0 heterocycles. The minimum absolute atomic E-state index is 0.0202. The van der Waals surface area contributed by atoms with Crippen LogP contribution in [0.3, 0.4) is 0 Å². The number of anilines is 1. The van der Waals surface area contributed by atoms with Crippen LogP contribution >= 0.6 is 0 Å². The number of carbonyl (C=O) groups is 1. The zero-order chi connectivity index (χ0) is 15.8. The molecule has 3 N–H and O–H groups in total. The van der Waals surface area contributed by atoms with Gasteiger partial charge in [0, 0.05) is 25.6 Å². The quantitative estimate of drug-likeness (QED) is 0.498. The molecule has 1 atom stereocenters. The highest BCUT2D eigenvalue weighted by Gasteiger charge is 2.13. The van der Waals surface area contributed by atoms with Crippen molar-refractivity contribution >= 4 is 17.3 Å². The second-order valence-corrected chi connectivity index (χ2v) is 5.07. The van der Waals surface area contributed by atoms with Gasteiger partial charge in [-0.3, -0.25) is 14.9 Å². The Kier molecular flexibility index (Phi) is 6.61. The lowest BCUT2D eigenvalue weighted by Gasteiger charge is -2.15. The number of nitro benzene ring substituents is 1. The molecule has 7 heteroatoms. The molecule has 1 unspecified atom stereocenters. The minimum Gasteiger partial charge on any atom is -0.391 e. The van der Waals surface area contributed by atoms with Crippen LogP contribution in [0, 0.1) is 16.0 Å². The Morgan fingerprint density at radius 1 is 1.38 bits per heavy atom. The molecular formula is C14H21N3O4. The molecule has 0 saturated heterocycles. The molecule has 0 aliphatic carbocycles. The summed E-state index contributed by atoms with van der Waals surface area (Å²) < 4.78 is 0. The van der Waals surface area contributed by atoms with Crippen LogP contribution in [0.5, 0.6) is 0 Å². The summed E-state index contributed by atoms with van der Waals surface area (Å²) in [6.45, 7) is 4.23. The van der Waals surface area contributed by atoms with Crippen molar-refractivity contribution in [3.63, 3.8) is 0 Å². The van der Waals surface area contributed by atoms with E-state index in [-0.39, 0.29) is 37.0 Å². The molecule has 0 aliphatic heterocycles. The van der Waals surface area contributed by atoms with Gasteiger partial charge in [0.05, 0.1) is 11.0 Å². The second kappa shape index (κ2) is 8.21. The zero-order valence-electron chi connectivity index (χ0n) is 12.2. The van der Waals surface area contributed by atoms with Crippen molar-refractivity contribution in [1.82, 2.24) is 5.32 Å². The third-order valence-electron chi connectivity index (χ3n) is 3.05. The molecule has 0 bridgehead atoms. The third kappa shape index (κ3) is 5.78. The summed E-state index contributed by atoms with van der Waals surface area (Å²) in [6, 6.07) is 6.28. The summed E-state index contributed by atoms with van der Waals surface area (Å²) in [5.74, 6) is -0.129. The van der Waals surface area contributed by atoms with Gasteiger partial charge < -0.3 is 15.7 Å². The van der Waals surface area contributed by atoms with Crippen LogP contribution in [-0.2, 0) is 4.79 Å². The fourth-order valence-electron chi connectivity index (χ4n) is 1.64. The Balaban J connectivity index is 2.37. The summed E-state index contributed by atoms with van der Waals surface area (Å²) in [6.07, 6.45) is -0.395. The molecule has 1 rings (SSSR count). The highest BCUT2D eigenvalue weighted by molar-refractivity contribution is 5.76. The number of amides is 1. The number of aliphatic hydroxyl groups is 1. The SMILES string of the molecule is CC(C)C(O)CNC(=O)CCNc1ccccc1[N+](=O)[O-]. The number of aliphatic hydroxyl groups excluding tert-OH is 1. The monoisotopic (exact) mass is 295 g/mol. The lowest BCUT2D eigenvalue weighted by Crippen LogP contribution is -2.35. The van der Waals surface area contributed by atoms with Crippen molar-refractivity contribution in [3.05, 3.63) is 34.4 Å². The maximum atomic E-state index is 11.6. The smallest absolute Gasteiger partial charge is 0.292 e.